The number of rotatable bonds is 7. The highest BCUT2D eigenvalue weighted by Gasteiger charge is 2.49. The summed E-state index contributed by atoms with van der Waals surface area (Å²) in [7, 11) is 2.99. The number of aliphatic hydroxyl groups excluding tert-OH is 1. The maximum Gasteiger partial charge on any atom is 0.301 e. The van der Waals surface area contributed by atoms with E-state index in [1.54, 1.807) is 42.5 Å². The average Bonchev–Trinajstić information content (AvgIpc) is 3.45. The predicted octanol–water partition coefficient (Wildman–Crippen LogP) is 5.65. The summed E-state index contributed by atoms with van der Waals surface area (Å²) in [6.07, 6.45) is 0. The first kappa shape index (κ1) is 25.3. The monoisotopic (exact) mass is 530 g/mol. The molecule has 0 saturated carbocycles. The maximum absolute atomic E-state index is 13.6. The number of fused-ring (bicyclic) bond motifs is 1. The molecule has 5 rings (SSSR count). The summed E-state index contributed by atoms with van der Waals surface area (Å²) in [5.74, 6) is -0.510. The topological polar surface area (TPSA) is 98.2 Å². The first-order valence-electron chi connectivity index (χ1n) is 12.0. The van der Waals surface area contributed by atoms with Gasteiger partial charge in [-0.2, -0.15) is 0 Å². The lowest BCUT2D eigenvalue weighted by molar-refractivity contribution is -0.132. The molecule has 1 aromatic heterocycles. The van der Waals surface area contributed by atoms with Crippen molar-refractivity contribution in [2.45, 2.75) is 19.9 Å². The molecule has 1 aliphatic heterocycles. The molecule has 1 N–H and O–H groups in total. The van der Waals surface area contributed by atoms with Crippen LogP contribution in [0.2, 0.25) is 0 Å². The normalized spacial score (nSPS) is 16.7. The molecule has 0 radical (unpaired) electrons. The molecule has 194 valence electrons. The Morgan fingerprint density at radius 2 is 1.82 bits per heavy atom. The molecule has 1 amide bonds. The molecule has 1 saturated heterocycles. The lowest BCUT2D eigenvalue weighted by atomic mass is 9.94. The van der Waals surface area contributed by atoms with Gasteiger partial charge in [-0.3, -0.25) is 14.5 Å². The fourth-order valence-corrected chi connectivity index (χ4v) is 5.70. The molecule has 3 aromatic carbocycles. The van der Waals surface area contributed by atoms with Crippen molar-refractivity contribution in [2.24, 2.45) is 0 Å². The largest absolute Gasteiger partial charge is 0.507 e. The number of amides is 1. The molecule has 1 aliphatic rings. The highest BCUT2D eigenvalue weighted by Crippen LogP contribution is 2.48. The standard InChI is InChI=1S/C29H26N2O6S/c1-5-37-18-12-10-17(11-13-18)25(32)23-24(19-7-6-8-21(35-3)27(19)36-4)31(28(34)26(23)33)29-30-20-14-9-16(2)15-22(20)38-29/h6-15,24,32H,5H2,1-4H3. The third-order valence-electron chi connectivity index (χ3n) is 6.35. The zero-order valence-electron chi connectivity index (χ0n) is 21.3. The van der Waals surface area contributed by atoms with Gasteiger partial charge < -0.3 is 19.3 Å². The summed E-state index contributed by atoms with van der Waals surface area (Å²) in [4.78, 5) is 33.1. The molecule has 4 aromatic rings. The van der Waals surface area contributed by atoms with E-state index in [0.717, 1.165) is 10.3 Å². The number of aromatic nitrogens is 1. The van der Waals surface area contributed by atoms with E-state index in [1.165, 1.54) is 30.5 Å². The van der Waals surface area contributed by atoms with Gasteiger partial charge >= 0.3 is 5.91 Å². The predicted molar refractivity (Wildman–Crippen MR) is 146 cm³/mol. The number of ketones is 1. The van der Waals surface area contributed by atoms with Gasteiger partial charge in [-0.15, -0.1) is 0 Å². The number of benzene rings is 3. The van der Waals surface area contributed by atoms with Crippen molar-refractivity contribution < 1.29 is 28.9 Å². The summed E-state index contributed by atoms with van der Waals surface area (Å²) < 4.78 is 17.5. The van der Waals surface area contributed by atoms with Crippen molar-refractivity contribution in [2.75, 3.05) is 25.7 Å². The van der Waals surface area contributed by atoms with Gasteiger partial charge in [-0.25, -0.2) is 4.98 Å². The summed E-state index contributed by atoms with van der Waals surface area (Å²) in [6.45, 7) is 4.34. The van der Waals surface area contributed by atoms with Gasteiger partial charge in [0.05, 0.1) is 36.6 Å². The van der Waals surface area contributed by atoms with Crippen LogP contribution in [0.4, 0.5) is 5.13 Å². The van der Waals surface area contributed by atoms with E-state index in [1.807, 2.05) is 32.0 Å². The minimum absolute atomic E-state index is 0.0684. The Morgan fingerprint density at radius 3 is 2.50 bits per heavy atom. The van der Waals surface area contributed by atoms with Crippen LogP contribution in [0.1, 0.15) is 29.7 Å². The van der Waals surface area contributed by atoms with Crippen molar-refractivity contribution in [1.29, 1.82) is 0 Å². The second kappa shape index (κ2) is 10.2. The van der Waals surface area contributed by atoms with Gasteiger partial charge in [0.2, 0.25) is 0 Å². The summed E-state index contributed by atoms with van der Waals surface area (Å²) >= 11 is 1.30. The number of carbonyl (C=O) groups is 2. The number of aryl methyl sites for hydroxylation is 1. The summed E-state index contributed by atoms with van der Waals surface area (Å²) in [5, 5.41) is 11.8. The SMILES string of the molecule is CCOc1ccc(C(O)=C2C(=O)C(=O)N(c3nc4ccc(C)cc4s3)C2c2cccc(OC)c2OC)cc1. The molecule has 1 atom stereocenters. The molecule has 8 nitrogen and oxygen atoms in total. The fraction of sp³-hybridized carbons (Fsp3) is 0.207. The number of thiazole rings is 1. The maximum atomic E-state index is 13.6. The lowest BCUT2D eigenvalue weighted by Gasteiger charge is -2.25. The van der Waals surface area contributed by atoms with E-state index < -0.39 is 17.7 Å². The highest BCUT2D eigenvalue weighted by atomic mass is 32.1. The van der Waals surface area contributed by atoms with Gasteiger partial charge in [0.1, 0.15) is 17.6 Å². The minimum atomic E-state index is -1.01. The second-order valence-corrected chi connectivity index (χ2v) is 9.69. The fourth-order valence-electron chi connectivity index (χ4n) is 4.61. The molecular formula is C29H26N2O6S. The Balaban J connectivity index is 1.74. The number of nitrogens with zero attached hydrogens (tertiary/aromatic N) is 2. The zero-order chi connectivity index (χ0) is 27.0. The van der Waals surface area contributed by atoms with Gasteiger partial charge in [0.25, 0.3) is 5.78 Å². The number of aliphatic hydroxyl groups is 1. The van der Waals surface area contributed by atoms with E-state index in [0.29, 0.717) is 45.6 Å². The second-order valence-electron chi connectivity index (χ2n) is 8.68. The average molecular weight is 531 g/mol. The van der Waals surface area contributed by atoms with Crippen LogP contribution in [0.5, 0.6) is 17.2 Å². The third-order valence-corrected chi connectivity index (χ3v) is 7.37. The van der Waals surface area contributed by atoms with Crippen molar-refractivity contribution in [1.82, 2.24) is 4.98 Å². The Labute approximate surface area is 223 Å². The molecule has 1 fully saturated rings. The van der Waals surface area contributed by atoms with E-state index in [9.17, 15) is 14.7 Å². The molecule has 2 heterocycles. The first-order valence-corrected chi connectivity index (χ1v) is 12.8. The van der Waals surface area contributed by atoms with E-state index in [2.05, 4.69) is 4.98 Å². The molecule has 0 bridgehead atoms. The smallest absolute Gasteiger partial charge is 0.301 e. The van der Waals surface area contributed by atoms with Crippen molar-refractivity contribution in [3.63, 3.8) is 0 Å². The van der Waals surface area contributed by atoms with Crippen LogP contribution >= 0.6 is 11.3 Å². The Morgan fingerprint density at radius 1 is 1.05 bits per heavy atom. The quantitative estimate of drug-likeness (QED) is 0.187. The van der Waals surface area contributed by atoms with Crippen molar-refractivity contribution in [3.8, 4) is 17.2 Å². The number of carbonyl (C=O) groups excluding carboxylic acids is 2. The molecule has 9 heteroatoms. The molecule has 38 heavy (non-hydrogen) atoms. The summed E-state index contributed by atoms with van der Waals surface area (Å²) in [5.41, 5.74) is 2.55. The van der Waals surface area contributed by atoms with Gasteiger partial charge in [-0.05, 0) is 61.9 Å². The van der Waals surface area contributed by atoms with Crippen LogP contribution in [0.3, 0.4) is 0 Å². The van der Waals surface area contributed by atoms with Crippen molar-refractivity contribution >= 4 is 44.1 Å². The number of methoxy groups -OCH3 is 2. The van der Waals surface area contributed by atoms with Crippen LogP contribution in [0.15, 0.2) is 66.2 Å². The molecule has 1 unspecified atom stereocenters. The number of para-hydroxylation sites is 1. The zero-order valence-corrected chi connectivity index (χ0v) is 22.2. The third kappa shape index (κ3) is 4.24. The minimum Gasteiger partial charge on any atom is -0.507 e. The van der Waals surface area contributed by atoms with Gasteiger partial charge in [0.15, 0.2) is 16.6 Å². The van der Waals surface area contributed by atoms with E-state index in [-0.39, 0.29) is 11.3 Å². The molecule has 0 aliphatic carbocycles. The molecule has 0 spiro atoms. The molecular weight excluding hydrogens is 504 g/mol. The number of Topliss-reactive ketones (excluding diaryl/α,β-unsaturated/α-hetero) is 1. The lowest BCUT2D eigenvalue weighted by Crippen LogP contribution is -2.29. The van der Waals surface area contributed by atoms with Gasteiger partial charge in [0, 0.05) is 11.1 Å². The highest BCUT2D eigenvalue weighted by molar-refractivity contribution is 7.22. The Kier molecular flexibility index (Phi) is 6.77. The van der Waals surface area contributed by atoms with Gasteiger partial charge in [-0.1, -0.05) is 29.5 Å². The Hall–Kier alpha value is -4.37. The number of ether oxygens (including phenoxy) is 3. The number of anilines is 1. The Bertz CT molecular complexity index is 1570. The first-order chi connectivity index (χ1) is 18.4. The van der Waals surface area contributed by atoms with Crippen LogP contribution in [0.25, 0.3) is 16.0 Å². The van der Waals surface area contributed by atoms with Crippen LogP contribution in [-0.2, 0) is 9.59 Å². The van der Waals surface area contributed by atoms with E-state index >= 15 is 0 Å². The van der Waals surface area contributed by atoms with Crippen molar-refractivity contribution in [3.05, 3.63) is 82.9 Å². The van der Waals surface area contributed by atoms with E-state index in [4.69, 9.17) is 14.2 Å². The number of hydrogen-bond donors (Lipinski definition) is 1. The van der Waals surface area contributed by atoms with Crippen LogP contribution in [-0.4, -0.2) is 42.6 Å². The summed E-state index contributed by atoms with van der Waals surface area (Å²) in [6, 6.07) is 16.7. The number of hydrogen-bond acceptors (Lipinski definition) is 8. The van der Waals surface area contributed by atoms with Crippen LogP contribution < -0.4 is 19.1 Å². The van der Waals surface area contributed by atoms with Crippen LogP contribution in [0, 0.1) is 6.92 Å².